The highest BCUT2D eigenvalue weighted by Gasteiger charge is 2.26. The molecule has 1 atom stereocenters. The molecule has 9 heteroatoms. The molecule has 1 unspecified atom stereocenters. The average molecular weight is 333 g/mol. The smallest absolute Gasteiger partial charge is 0.299 e. The van der Waals surface area contributed by atoms with Crippen LogP contribution in [-0.4, -0.2) is 16.5 Å². The first-order valence-electron chi connectivity index (χ1n) is 7.07. The topological polar surface area (TPSA) is 108 Å². The van der Waals surface area contributed by atoms with E-state index in [9.17, 15) is 24.6 Å². The van der Waals surface area contributed by atoms with Crippen molar-refractivity contribution in [3.63, 3.8) is 0 Å². The van der Waals surface area contributed by atoms with Crippen LogP contribution in [0.5, 0.6) is 5.75 Å². The molecule has 124 valence electrons. The third-order valence-corrected chi connectivity index (χ3v) is 3.73. The molecule has 1 aliphatic rings. The molecular weight excluding hydrogens is 321 g/mol. The van der Waals surface area contributed by atoms with Gasteiger partial charge in [-0.15, -0.1) is 0 Å². The van der Waals surface area contributed by atoms with Gasteiger partial charge in [0, 0.05) is 18.1 Å². The van der Waals surface area contributed by atoms with E-state index in [0.29, 0.717) is 24.3 Å². The van der Waals surface area contributed by atoms with E-state index in [0.717, 1.165) is 6.07 Å². The Labute approximate surface area is 135 Å². The van der Waals surface area contributed by atoms with E-state index in [1.807, 2.05) is 0 Å². The second-order valence-corrected chi connectivity index (χ2v) is 5.23. The standard InChI is InChI=1S/C15H12FN3O5/c16-9-1-4-15-11(7-9)12(5-6-24-15)17-13-3-2-10(18(20)21)8-14(13)19(22)23/h1-4,7-8,12,17H,5-6H2. The second-order valence-electron chi connectivity index (χ2n) is 5.23. The monoisotopic (exact) mass is 333 g/mol. The molecule has 0 amide bonds. The van der Waals surface area contributed by atoms with Gasteiger partial charge in [0.15, 0.2) is 0 Å². The molecule has 0 fully saturated rings. The van der Waals surface area contributed by atoms with Gasteiger partial charge in [0.2, 0.25) is 0 Å². The first kappa shape index (κ1) is 15.7. The van der Waals surface area contributed by atoms with Crippen LogP contribution in [0.3, 0.4) is 0 Å². The van der Waals surface area contributed by atoms with Crippen molar-refractivity contribution in [3.8, 4) is 5.75 Å². The minimum atomic E-state index is -0.699. The molecule has 2 aromatic carbocycles. The molecule has 1 N–H and O–H groups in total. The van der Waals surface area contributed by atoms with Gasteiger partial charge in [0.25, 0.3) is 11.4 Å². The lowest BCUT2D eigenvalue weighted by atomic mass is 10.00. The first-order chi connectivity index (χ1) is 11.5. The fourth-order valence-corrected chi connectivity index (χ4v) is 2.61. The zero-order valence-corrected chi connectivity index (χ0v) is 12.3. The fourth-order valence-electron chi connectivity index (χ4n) is 2.61. The Morgan fingerprint density at radius 3 is 2.62 bits per heavy atom. The Balaban J connectivity index is 1.96. The number of hydrogen-bond donors (Lipinski definition) is 1. The lowest BCUT2D eigenvalue weighted by molar-refractivity contribution is -0.393. The number of non-ortho nitro benzene ring substituents is 1. The van der Waals surface area contributed by atoms with Crippen molar-refractivity contribution in [2.75, 3.05) is 11.9 Å². The number of halogens is 1. The van der Waals surface area contributed by atoms with Gasteiger partial charge in [-0.1, -0.05) is 0 Å². The van der Waals surface area contributed by atoms with Gasteiger partial charge in [0.1, 0.15) is 17.3 Å². The Kier molecular flexibility index (Phi) is 3.98. The highest BCUT2D eigenvalue weighted by molar-refractivity contribution is 5.66. The van der Waals surface area contributed by atoms with Crippen LogP contribution in [0.15, 0.2) is 36.4 Å². The quantitative estimate of drug-likeness (QED) is 0.677. The van der Waals surface area contributed by atoms with E-state index in [1.165, 1.54) is 30.3 Å². The molecule has 0 bridgehead atoms. The summed E-state index contributed by atoms with van der Waals surface area (Å²) in [4.78, 5) is 20.6. The summed E-state index contributed by atoms with van der Waals surface area (Å²) in [5.74, 6) is 0.0639. The van der Waals surface area contributed by atoms with E-state index in [1.54, 1.807) is 0 Å². The lowest BCUT2D eigenvalue weighted by Gasteiger charge is -2.27. The third-order valence-electron chi connectivity index (χ3n) is 3.73. The molecule has 0 saturated heterocycles. The van der Waals surface area contributed by atoms with Crippen molar-refractivity contribution in [1.29, 1.82) is 0 Å². The second kappa shape index (κ2) is 6.11. The Morgan fingerprint density at radius 1 is 1.12 bits per heavy atom. The molecule has 3 rings (SSSR count). The fraction of sp³-hybridized carbons (Fsp3) is 0.200. The van der Waals surface area contributed by atoms with Crippen molar-refractivity contribution < 1.29 is 19.0 Å². The number of rotatable bonds is 4. The molecule has 0 radical (unpaired) electrons. The third kappa shape index (κ3) is 2.96. The number of anilines is 1. The minimum absolute atomic E-state index is 0.132. The van der Waals surface area contributed by atoms with Crippen molar-refractivity contribution in [2.24, 2.45) is 0 Å². The van der Waals surface area contributed by atoms with Crippen molar-refractivity contribution in [3.05, 3.63) is 68.0 Å². The van der Waals surface area contributed by atoms with Gasteiger partial charge in [-0.25, -0.2) is 4.39 Å². The van der Waals surface area contributed by atoms with Crippen LogP contribution < -0.4 is 10.1 Å². The molecule has 0 spiro atoms. The number of benzene rings is 2. The summed E-state index contributed by atoms with van der Waals surface area (Å²) in [6.45, 7) is 0.372. The predicted molar refractivity (Wildman–Crippen MR) is 82.6 cm³/mol. The molecule has 24 heavy (non-hydrogen) atoms. The maximum absolute atomic E-state index is 13.5. The Morgan fingerprint density at radius 2 is 1.92 bits per heavy atom. The van der Waals surface area contributed by atoms with Crippen LogP contribution in [0.4, 0.5) is 21.5 Å². The summed E-state index contributed by atoms with van der Waals surface area (Å²) in [5, 5.41) is 24.9. The van der Waals surface area contributed by atoms with Crippen LogP contribution in [0.1, 0.15) is 18.0 Å². The van der Waals surface area contributed by atoms with E-state index in [4.69, 9.17) is 4.74 Å². The number of nitrogens with zero attached hydrogens (tertiary/aromatic N) is 2. The zero-order valence-electron chi connectivity index (χ0n) is 12.3. The number of hydrogen-bond acceptors (Lipinski definition) is 6. The van der Waals surface area contributed by atoms with E-state index < -0.39 is 27.4 Å². The normalized spacial score (nSPS) is 16.0. The zero-order chi connectivity index (χ0) is 17.3. The summed E-state index contributed by atoms with van der Waals surface area (Å²) in [6, 6.07) is 7.05. The summed E-state index contributed by atoms with van der Waals surface area (Å²) in [5.41, 5.74) is -0.0964. The van der Waals surface area contributed by atoms with Gasteiger partial charge >= 0.3 is 0 Å². The van der Waals surface area contributed by atoms with Crippen LogP contribution in [0.2, 0.25) is 0 Å². The number of fused-ring (bicyclic) bond motifs is 1. The van der Waals surface area contributed by atoms with Crippen molar-refractivity contribution >= 4 is 17.1 Å². The minimum Gasteiger partial charge on any atom is -0.493 e. The van der Waals surface area contributed by atoms with Crippen LogP contribution in [-0.2, 0) is 0 Å². The number of nitrogens with one attached hydrogen (secondary N) is 1. The summed E-state index contributed by atoms with van der Waals surface area (Å²) in [6.07, 6.45) is 0.477. The number of nitro groups is 2. The molecule has 8 nitrogen and oxygen atoms in total. The SMILES string of the molecule is O=[N+]([O-])c1ccc(NC2CCOc3ccc(F)cc32)c([N+](=O)[O-])c1. The van der Waals surface area contributed by atoms with Gasteiger partial charge in [0.05, 0.1) is 28.6 Å². The Bertz CT molecular complexity index is 827. The van der Waals surface area contributed by atoms with Gasteiger partial charge < -0.3 is 10.1 Å². The first-order valence-corrected chi connectivity index (χ1v) is 7.07. The maximum Gasteiger partial charge on any atom is 0.299 e. The molecular formula is C15H12FN3O5. The van der Waals surface area contributed by atoms with E-state index in [-0.39, 0.29) is 11.4 Å². The Hall–Kier alpha value is -3.23. The van der Waals surface area contributed by atoms with Gasteiger partial charge in [-0.05, 0) is 24.3 Å². The molecule has 0 aliphatic carbocycles. The lowest BCUT2D eigenvalue weighted by Crippen LogP contribution is -2.21. The van der Waals surface area contributed by atoms with Gasteiger partial charge in [-0.2, -0.15) is 0 Å². The van der Waals surface area contributed by atoms with Gasteiger partial charge in [-0.3, -0.25) is 20.2 Å². The molecule has 2 aromatic rings. The molecule has 0 saturated carbocycles. The van der Waals surface area contributed by atoms with Crippen molar-refractivity contribution in [2.45, 2.75) is 12.5 Å². The summed E-state index contributed by atoms with van der Waals surface area (Å²) in [7, 11) is 0. The highest BCUT2D eigenvalue weighted by Crippen LogP contribution is 2.37. The number of ether oxygens (including phenoxy) is 1. The predicted octanol–water partition coefficient (Wildman–Crippen LogP) is 3.58. The average Bonchev–Trinajstić information content (AvgIpc) is 2.55. The molecule has 0 aromatic heterocycles. The van der Waals surface area contributed by atoms with Crippen LogP contribution in [0, 0.1) is 26.0 Å². The van der Waals surface area contributed by atoms with E-state index >= 15 is 0 Å². The highest BCUT2D eigenvalue weighted by atomic mass is 19.1. The summed E-state index contributed by atoms with van der Waals surface area (Å²) < 4.78 is 18.9. The van der Waals surface area contributed by atoms with Crippen molar-refractivity contribution in [1.82, 2.24) is 0 Å². The van der Waals surface area contributed by atoms with E-state index in [2.05, 4.69) is 5.32 Å². The van der Waals surface area contributed by atoms with Crippen LogP contribution in [0.25, 0.3) is 0 Å². The summed E-state index contributed by atoms with van der Waals surface area (Å²) >= 11 is 0. The maximum atomic E-state index is 13.5. The molecule has 1 heterocycles. The number of nitro benzene ring substituents is 2. The largest absolute Gasteiger partial charge is 0.493 e. The van der Waals surface area contributed by atoms with Crippen LogP contribution >= 0.6 is 0 Å². The molecule has 1 aliphatic heterocycles.